The highest BCUT2D eigenvalue weighted by atomic mass is 32.1. The van der Waals surface area contributed by atoms with Gasteiger partial charge in [0.1, 0.15) is 0 Å². The standard InChI is InChI=1S/C15H20N4OS/c1-11-4-2-3-5-12(11)17-14(21)19-8-6-15(7-9-19)16-10-13(20)18-15/h2-5,16H,6-10H2,1H3,(H,17,21)(H,18,20). The number of benzene rings is 1. The van der Waals surface area contributed by atoms with Gasteiger partial charge in [-0.3, -0.25) is 10.1 Å². The molecule has 3 rings (SSSR count). The number of aryl methyl sites for hydroxylation is 1. The minimum Gasteiger partial charge on any atom is -0.349 e. The summed E-state index contributed by atoms with van der Waals surface area (Å²) in [6, 6.07) is 8.11. The van der Waals surface area contributed by atoms with E-state index in [0.29, 0.717) is 6.54 Å². The number of carbonyl (C=O) groups is 1. The zero-order valence-corrected chi connectivity index (χ0v) is 12.9. The molecule has 21 heavy (non-hydrogen) atoms. The van der Waals surface area contributed by atoms with Gasteiger partial charge in [-0.2, -0.15) is 0 Å². The molecule has 2 aliphatic rings. The molecule has 5 nitrogen and oxygen atoms in total. The van der Waals surface area contributed by atoms with Crippen LogP contribution in [0, 0.1) is 6.92 Å². The molecule has 0 bridgehead atoms. The number of piperidine rings is 1. The van der Waals surface area contributed by atoms with Crippen LogP contribution in [0.4, 0.5) is 5.69 Å². The van der Waals surface area contributed by atoms with Gasteiger partial charge in [0.05, 0.1) is 12.2 Å². The van der Waals surface area contributed by atoms with Crippen molar-refractivity contribution in [2.45, 2.75) is 25.4 Å². The van der Waals surface area contributed by atoms with Crippen LogP contribution in [0.5, 0.6) is 0 Å². The third kappa shape index (κ3) is 3.01. The Labute approximate surface area is 130 Å². The Morgan fingerprint density at radius 3 is 2.67 bits per heavy atom. The maximum Gasteiger partial charge on any atom is 0.235 e. The minimum atomic E-state index is -0.216. The van der Waals surface area contributed by atoms with E-state index in [1.807, 2.05) is 18.2 Å². The molecule has 1 spiro atoms. The Morgan fingerprint density at radius 2 is 2.05 bits per heavy atom. The van der Waals surface area contributed by atoms with E-state index in [-0.39, 0.29) is 11.6 Å². The zero-order valence-electron chi connectivity index (χ0n) is 12.1. The van der Waals surface area contributed by atoms with Crippen LogP contribution in [-0.4, -0.2) is 41.2 Å². The molecule has 1 aromatic carbocycles. The van der Waals surface area contributed by atoms with Gasteiger partial charge in [-0.15, -0.1) is 0 Å². The largest absolute Gasteiger partial charge is 0.349 e. The van der Waals surface area contributed by atoms with Gasteiger partial charge in [0, 0.05) is 31.6 Å². The summed E-state index contributed by atoms with van der Waals surface area (Å²) in [4.78, 5) is 13.6. The number of nitrogens with one attached hydrogen (secondary N) is 3. The van der Waals surface area contributed by atoms with Gasteiger partial charge in [0.2, 0.25) is 5.91 Å². The van der Waals surface area contributed by atoms with E-state index in [0.717, 1.165) is 36.7 Å². The lowest BCUT2D eigenvalue weighted by Crippen LogP contribution is -2.58. The second kappa shape index (κ2) is 5.61. The summed E-state index contributed by atoms with van der Waals surface area (Å²) in [5.74, 6) is 0.0871. The number of thiocarbonyl (C=S) groups is 1. The molecule has 0 saturated carbocycles. The van der Waals surface area contributed by atoms with E-state index in [1.54, 1.807) is 0 Å². The normalized spacial score (nSPS) is 20.4. The predicted octanol–water partition coefficient (Wildman–Crippen LogP) is 1.20. The molecule has 1 amide bonds. The third-order valence-electron chi connectivity index (χ3n) is 4.26. The number of carbonyl (C=O) groups excluding carboxylic acids is 1. The van der Waals surface area contributed by atoms with E-state index in [2.05, 4.69) is 33.8 Å². The smallest absolute Gasteiger partial charge is 0.235 e. The van der Waals surface area contributed by atoms with Crippen LogP contribution >= 0.6 is 12.2 Å². The Balaban J connectivity index is 1.58. The lowest BCUT2D eigenvalue weighted by molar-refractivity contribution is -0.119. The van der Waals surface area contributed by atoms with Crippen LogP contribution in [0.3, 0.4) is 0 Å². The van der Waals surface area contributed by atoms with Crippen LogP contribution in [0.2, 0.25) is 0 Å². The molecule has 2 fully saturated rings. The van der Waals surface area contributed by atoms with E-state index in [1.165, 1.54) is 5.56 Å². The summed E-state index contributed by atoms with van der Waals surface area (Å²) in [6.45, 7) is 4.16. The fourth-order valence-electron chi connectivity index (χ4n) is 2.91. The third-order valence-corrected chi connectivity index (χ3v) is 4.62. The number of rotatable bonds is 1. The van der Waals surface area contributed by atoms with Gasteiger partial charge in [-0.25, -0.2) is 0 Å². The molecule has 0 radical (unpaired) electrons. The fourth-order valence-corrected chi connectivity index (χ4v) is 3.20. The predicted molar refractivity (Wildman–Crippen MR) is 87.1 cm³/mol. The van der Waals surface area contributed by atoms with Crippen LogP contribution < -0.4 is 16.0 Å². The van der Waals surface area contributed by atoms with Crippen molar-refractivity contribution in [3.8, 4) is 0 Å². The summed E-state index contributed by atoms with van der Waals surface area (Å²) in [6.07, 6.45) is 1.74. The SMILES string of the molecule is Cc1ccccc1NC(=S)N1CCC2(CC1)NCC(=O)N2. The molecule has 6 heteroatoms. The van der Waals surface area contributed by atoms with Crippen molar-refractivity contribution in [1.82, 2.24) is 15.5 Å². The van der Waals surface area contributed by atoms with Crippen molar-refractivity contribution in [2.24, 2.45) is 0 Å². The number of hydrogen-bond acceptors (Lipinski definition) is 3. The van der Waals surface area contributed by atoms with Crippen LogP contribution in [0.25, 0.3) is 0 Å². The first-order valence-electron chi connectivity index (χ1n) is 7.26. The monoisotopic (exact) mass is 304 g/mol. The van der Waals surface area contributed by atoms with Crippen molar-refractivity contribution in [3.05, 3.63) is 29.8 Å². The van der Waals surface area contributed by atoms with Crippen molar-refractivity contribution in [3.63, 3.8) is 0 Å². The average Bonchev–Trinajstić information content (AvgIpc) is 2.83. The number of para-hydroxylation sites is 1. The number of hydrogen-bond donors (Lipinski definition) is 3. The molecule has 0 unspecified atom stereocenters. The van der Waals surface area contributed by atoms with Gasteiger partial charge in [-0.05, 0) is 30.8 Å². The quantitative estimate of drug-likeness (QED) is 0.681. The Hall–Kier alpha value is -1.66. The first kappa shape index (κ1) is 14.3. The van der Waals surface area contributed by atoms with Crippen LogP contribution in [0.1, 0.15) is 18.4 Å². The molecular formula is C15H20N4OS. The second-order valence-corrected chi connectivity index (χ2v) is 6.10. The first-order chi connectivity index (χ1) is 10.1. The summed E-state index contributed by atoms with van der Waals surface area (Å²) in [7, 11) is 0. The van der Waals surface area contributed by atoms with Crippen molar-refractivity contribution in [2.75, 3.05) is 25.0 Å². The molecule has 1 aromatic rings. The van der Waals surface area contributed by atoms with Gasteiger partial charge in [0.25, 0.3) is 0 Å². The Morgan fingerprint density at radius 1 is 1.33 bits per heavy atom. The minimum absolute atomic E-state index is 0.0871. The number of anilines is 1. The molecule has 0 atom stereocenters. The van der Waals surface area contributed by atoms with E-state index in [4.69, 9.17) is 12.2 Å². The highest BCUT2D eigenvalue weighted by molar-refractivity contribution is 7.80. The van der Waals surface area contributed by atoms with Gasteiger partial charge < -0.3 is 15.5 Å². The van der Waals surface area contributed by atoms with E-state index in [9.17, 15) is 4.79 Å². The lowest BCUT2D eigenvalue weighted by Gasteiger charge is -2.40. The van der Waals surface area contributed by atoms with Gasteiger partial charge in [-0.1, -0.05) is 18.2 Å². The summed E-state index contributed by atoms with van der Waals surface area (Å²) in [5.41, 5.74) is 2.01. The number of nitrogens with zero attached hydrogens (tertiary/aromatic N) is 1. The average molecular weight is 304 g/mol. The topological polar surface area (TPSA) is 56.4 Å². The highest BCUT2D eigenvalue weighted by Crippen LogP contribution is 2.23. The van der Waals surface area contributed by atoms with Crippen molar-refractivity contribution < 1.29 is 4.79 Å². The Kier molecular flexibility index (Phi) is 3.82. The summed E-state index contributed by atoms with van der Waals surface area (Å²) >= 11 is 5.51. The molecule has 2 aliphatic heterocycles. The lowest BCUT2D eigenvalue weighted by atomic mass is 9.98. The van der Waals surface area contributed by atoms with Gasteiger partial charge in [0.15, 0.2) is 5.11 Å². The van der Waals surface area contributed by atoms with Gasteiger partial charge >= 0.3 is 0 Å². The maximum atomic E-state index is 11.4. The van der Waals surface area contributed by atoms with E-state index >= 15 is 0 Å². The molecule has 2 heterocycles. The molecule has 0 aliphatic carbocycles. The van der Waals surface area contributed by atoms with Crippen LogP contribution in [0.15, 0.2) is 24.3 Å². The van der Waals surface area contributed by atoms with E-state index < -0.39 is 0 Å². The van der Waals surface area contributed by atoms with Crippen LogP contribution in [-0.2, 0) is 4.79 Å². The second-order valence-electron chi connectivity index (χ2n) is 5.72. The highest BCUT2D eigenvalue weighted by Gasteiger charge is 2.40. The van der Waals surface area contributed by atoms with Crippen molar-refractivity contribution in [1.29, 1.82) is 0 Å². The molecular weight excluding hydrogens is 284 g/mol. The summed E-state index contributed by atoms with van der Waals surface area (Å²) < 4.78 is 0. The van der Waals surface area contributed by atoms with Crippen molar-refractivity contribution >= 4 is 28.9 Å². The molecule has 112 valence electrons. The molecule has 2 saturated heterocycles. The molecule has 0 aromatic heterocycles. The summed E-state index contributed by atoms with van der Waals surface area (Å²) in [5, 5.41) is 10.4. The maximum absolute atomic E-state index is 11.4. The first-order valence-corrected chi connectivity index (χ1v) is 7.66. The fraction of sp³-hybridized carbons (Fsp3) is 0.467. The zero-order chi connectivity index (χ0) is 14.9. The Bertz CT molecular complexity index is 567. The number of likely N-dealkylation sites (tertiary alicyclic amines) is 1. The number of amides is 1. The molecule has 3 N–H and O–H groups in total.